The molecule has 0 N–H and O–H groups in total. The second-order valence-electron chi connectivity index (χ2n) is 2.43. The maximum absolute atomic E-state index is 12.4. The topological polar surface area (TPSA) is 21.8 Å². The molecule has 8 heteroatoms. The first-order chi connectivity index (χ1) is 5.16. The molecule has 2 aliphatic heterocycles. The third kappa shape index (κ3) is 0.515. The summed E-state index contributed by atoms with van der Waals surface area (Å²) in [6, 6.07) is -4.00. The fourth-order valence-electron chi connectivity index (χ4n) is 0.910. The van der Waals surface area contributed by atoms with Gasteiger partial charge < -0.3 is 0 Å². The van der Waals surface area contributed by atoms with Gasteiger partial charge in [0.15, 0.2) is 0 Å². The fourth-order valence-corrected chi connectivity index (χ4v) is 0.910. The van der Waals surface area contributed by atoms with Crippen molar-refractivity contribution in [1.29, 1.82) is 0 Å². The van der Waals surface area contributed by atoms with Gasteiger partial charge in [0.2, 0.25) is 0 Å². The van der Waals surface area contributed by atoms with E-state index in [4.69, 9.17) is 0 Å². The van der Waals surface area contributed by atoms with Crippen molar-refractivity contribution in [2.24, 2.45) is 0 Å². The Morgan fingerprint density at radius 1 is 0.750 bits per heavy atom. The molecule has 12 heavy (non-hydrogen) atoms. The van der Waals surface area contributed by atoms with Crippen LogP contribution in [0.2, 0.25) is 0 Å². The average molecular weight is 194 g/mol. The molecule has 0 bridgehead atoms. The van der Waals surface area contributed by atoms with Gasteiger partial charge >= 0.3 is 23.9 Å². The van der Waals surface area contributed by atoms with Crippen LogP contribution in [0.25, 0.3) is 0 Å². The van der Waals surface area contributed by atoms with Crippen LogP contribution in [0.1, 0.15) is 0 Å². The zero-order chi connectivity index (χ0) is 9.41. The molecule has 2 saturated heterocycles. The monoisotopic (exact) mass is 194 g/mol. The Morgan fingerprint density at radius 3 is 1.42 bits per heavy atom. The number of fused-ring (bicyclic) bond motifs is 1. The van der Waals surface area contributed by atoms with E-state index in [1.165, 1.54) is 0 Å². The normalized spacial score (nSPS) is 53.5. The molecule has 2 aliphatic rings. The minimum atomic E-state index is -5.30. The maximum atomic E-state index is 12.4. The van der Waals surface area contributed by atoms with Crippen molar-refractivity contribution in [2.75, 3.05) is 0 Å². The molecule has 0 aromatic carbocycles. The van der Waals surface area contributed by atoms with Crippen LogP contribution in [-0.4, -0.2) is 23.9 Å². The van der Waals surface area contributed by atoms with E-state index in [0.717, 1.165) is 0 Å². The predicted octanol–water partition coefficient (Wildman–Crippen LogP) is 1.56. The Hall–Kier alpha value is -0.500. The van der Waals surface area contributed by atoms with Crippen molar-refractivity contribution in [3.05, 3.63) is 0 Å². The van der Waals surface area contributed by atoms with Crippen molar-refractivity contribution >= 4 is 0 Å². The highest BCUT2D eigenvalue weighted by molar-refractivity contribution is 5.14. The van der Waals surface area contributed by atoms with Crippen molar-refractivity contribution < 1.29 is 35.8 Å². The van der Waals surface area contributed by atoms with Gasteiger partial charge in [-0.3, -0.25) is 4.74 Å². The van der Waals surface area contributed by atoms with E-state index in [9.17, 15) is 26.3 Å². The highest BCUT2D eigenvalue weighted by Crippen LogP contribution is 2.71. The largest absolute Gasteiger partial charge is 0.430 e. The van der Waals surface area contributed by atoms with Crippen molar-refractivity contribution in [1.82, 2.24) is 0 Å². The van der Waals surface area contributed by atoms with Crippen LogP contribution >= 0.6 is 0 Å². The van der Waals surface area contributed by atoms with Crippen LogP contribution in [0.15, 0.2) is 0 Å². The van der Waals surface area contributed by atoms with Gasteiger partial charge in [-0.1, -0.05) is 0 Å². The third-order valence-corrected chi connectivity index (χ3v) is 1.64. The summed E-state index contributed by atoms with van der Waals surface area (Å²) in [4.78, 5) is 0. The summed E-state index contributed by atoms with van der Waals surface area (Å²) in [6.45, 7) is 0. The molecular weight excluding hydrogens is 194 g/mol. The van der Waals surface area contributed by atoms with Gasteiger partial charge in [-0.15, -0.1) is 0 Å². The first kappa shape index (κ1) is 8.11. The molecule has 0 amide bonds. The van der Waals surface area contributed by atoms with Gasteiger partial charge in [-0.25, -0.2) is 4.74 Å². The molecule has 0 aromatic rings. The first-order valence-electron chi connectivity index (χ1n) is 2.70. The number of ether oxygens (including phenoxy) is 2. The molecule has 0 saturated carbocycles. The summed E-state index contributed by atoms with van der Waals surface area (Å²) in [6.07, 6.45) is -5.17. The zero-order valence-electron chi connectivity index (χ0n) is 5.08. The Morgan fingerprint density at radius 2 is 1.25 bits per heavy atom. The number of epoxide rings is 1. The Kier molecular flexibility index (Phi) is 0.985. The molecule has 2 heterocycles. The van der Waals surface area contributed by atoms with E-state index in [1.54, 1.807) is 0 Å². The summed E-state index contributed by atoms with van der Waals surface area (Å²) < 4.78 is 78.8. The Bertz CT molecular complexity index is 254. The molecule has 2 nitrogen and oxygen atoms in total. The molecule has 0 aromatic heterocycles. The minimum Gasteiger partial charge on any atom is -0.269 e. The zero-order valence-corrected chi connectivity index (χ0v) is 5.08. The smallest absolute Gasteiger partial charge is 0.269 e. The van der Waals surface area contributed by atoms with Crippen LogP contribution in [0.4, 0.5) is 26.3 Å². The standard InChI is InChI=1S/C4F6O2/c5-1(6)2(7)4(10,11-2)12-3(1,8)9. The minimum absolute atomic E-state index is 2.78. The lowest BCUT2D eigenvalue weighted by molar-refractivity contribution is -0.386. The van der Waals surface area contributed by atoms with Gasteiger partial charge in [0.05, 0.1) is 0 Å². The number of halogens is 6. The summed E-state index contributed by atoms with van der Waals surface area (Å²) in [7, 11) is 0. The summed E-state index contributed by atoms with van der Waals surface area (Å²) in [5.41, 5.74) is 0. The SMILES string of the molecule is FC1(F)OC2(F)OC2(F)C1(F)F. The Labute approximate surface area is 61.0 Å². The quantitative estimate of drug-likeness (QED) is 0.431. The molecule has 70 valence electrons. The van der Waals surface area contributed by atoms with Crippen molar-refractivity contribution in [3.8, 4) is 0 Å². The highest BCUT2D eigenvalue weighted by Gasteiger charge is 3.02. The third-order valence-electron chi connectivity index (χ3n) is 1.64. The Balaban J connectivity index is 2.45. The maximum Gasteiger partial charge on any atom is 0.430 e. The lowest BCUT2D eigenvalue weighted by Gasteiger charge is -2.19. The lowest BCUT2D eigenvalue weighted by atomic mass is 10.2. The molecule has 0 spiro atoms. The van der Waals surface area contributed by atoms with E-state index in [-0.39, 0.29) is 0 Å². The van der Waals surface area contributed by atoms with Crippen LogP contribution in [0.3, 0.4) is 0 Å². The first-order valence-corrected chi connectivity index (χ1v) is 2.70. The van der Waals surface area contributed by atoms with E-state index in [0.29, 0.717) is 0 Å². The van der Waals surface area contributed by atoms with Gasteiger partial charge in [0.25, 0.3) is 0 Å². The molecule has 2 fully saturated rings. The van der Waals surface area contributed by atoms with E-state index in [2.05, 4.69) is 9.47 Å². The summed E-state index contributed by atoms with van der Waals surface area (Å²) in [5, 5.41) is 0. The van der Waals surface area contributed by atoms with Gasteiger partial charge in [0.1, 0.15) is 0 Å². The van der Waals surface area contributed by atoms with E-state index >= 15 is 0 Å². The van der Waals surface area contributed by atoms with Crippen LogP contribution in [0.5, 0.6) is 0 Å². The molecule has 2 atom stereocenters. The van der Waals surface area contributed by atoms with Gasteiger partial charge in [-0.2, -0.15) is 26.3 Å². The number of hydrogen-bond acceptors (Lipinski definition) is 2. The predicted molar refractivity (Wildman–Crippen MR) is 19.7 cm³/mol. The van der Waals surface area contributed by atoms with E-state index in [1.807, 2.05) is 0 Å². The number of alkyl halides is 6. The molecule has 2 unspecified atom stereocenters. The van der Waals surface area contributed by atoms with E-state index < -0.39 is 23.9 Å². The summed E-state index contributed by atoms with van der Waals surface area (Å²) in [5.74, 6) is -9.64. The lowest BCUT2D eigenvalue weighted by Crippen LogP contribution is -2.45. The number of hydrogen-bond donors (Lipinski definition) is 0. The molecule has 2 rings (SSSR count). The van der Waals surface area contributed by atoms with Crippen LogP contribution in [-0.2, 0) is 9.47 Å². The molecular formula is C4F6O2. The van der Waals surface area contributed by atoms with Crippen LogP contribution < -0.4 is 0 Å². The number of rotatable bonds is 0. The van der Waals surface area contributed by atoms with Gasteiger partial charge in [-0.05, 0) is 0 Å². The molecule has 0 aliphatic carbocycles. The van der Waals surface area contributed by atoms with Gasteiger partial charge in [0, 0.05) is 0 Å². The van der Waals surface area contributed by atoms with Crippen LogP contribution in [0, 0.1) is 0 Å². The molecule has 0 radical (unpaired) electrons. The van der Waals surface area contributed by atoms with Crippen molar-refractivity contribution in [3.63, 3.8) is 0 Å². The highest BCUT2D eigenvalue weighted by atomic mass is 19.3. The average Bonchev–Trinajstić information content (AvgIpc) is 2.29. The van der Waals surface area contributed by atoms with Crippen molar-refractivity contribution in [2.45, 2.75) is 23.9 Å². The summed E-state index contributed by atoms with van der Waals surface area (Å²) >= 11 is 0. The second-order valence-corrected chi connectivity index (χ2v) is 2.43. The fraction of sp³-hybridized carbons (Fsp3) is 1.00. The second kappa shape index (κ2) is 1.46.